The summed E-state index contributed by atoms with van der Waals surface area (Å²) in [4.78, 5) is 26.7. The summed E-state index contributed by atoms with van der Waals surface area (Å²) in [5, 5.41) is 0. The Morgan fingerprint density at radius 3 is 1.50 bits per heavy atom. The van der Waals surface area contributed by atoms with Crippen molar-refractivity contribution in [1.29, 1.82) is 0 Å². The molecule has 0 aliphatic rings. The maximum atomic E-state index is 8.90. The van der Waals surface area contributed by atoms with Gasteiger partial charge in [-0.1, -0.05) is 21.6 Å². The number of hydrogen-bond acceptors (Lipinski definition) is 8. The van der Waals surface area contributed by atoms with Crippen LogP contribution in [0.5, 0.6) is 0 Å². The fourth-order valence-corrected chi connectivity index (χ4v) is 7.79. The third-order valence-electron chi connectivity index (χ3n) is 2.63. The van der Waals surface area contributed by atoms with Crippen LogP contribution in [-0.2, 0) is 13.3 Å². The summed E-state index contributed by atoms with van der Waals surface area (Å²) in [5.41, 5.74) is 0. The summed E-state index contributed by atoms with van der Waals surface area (Å²) in [6.07, 6.45) is 1.57. The van der Waals surface area contributed by atoms with E-state index in [0.29, 0.717) is 26.2 Å². The maximum Gasteiger partial charge on any atom is 0.500 e. The minimum Gasteiger partial charge on any atom is -0.390 e. The fourth-order valence-electron chi connectivity index (χ4n) is 1.83. The Morgan fingerprint density at radius 1 is 0.727 bits per heavy atom. The highest BCUT2D eigenvalue weighted by Crippen LogP contribution is 2.27. The highest BCUT2D eigenvalue weighted by Gasteiger charge is 2.39. The molecule has 0 amide bonds. The Kier molecular flexibility index (Phi) is 13.8. The molecule has 0 aliphatic heterocycles. The van der Waals surface area contributed by atoms with Gasteiger partial charge >= 0.3 is 17.6 Å². The van der Waals surface area contributed by atoms with E-state index >= 15 is 0 Å². The minimum atomic E-state index is -3.85. The van der Waals surface area contributed by atoms with E-state index < -0.39 is 17.6 Å². The minimum absolute atomic E-state index is 0.107. The lowest BCUT2D eigenvalue weighted by Crippen LogP contribution is -2.46. The van der Waals surface area contributed by atoms with E-state index in [1.54, 1.807) is 21.6 Å². The Balaban J connectivity index is 3.84. The van der Waals surface area contributed by atoms with Crippen LogP contribution in [0.2, 0.25) is 12.1 Å². The predicted molar refractivity (Wildman–Crippen MR) is 96.8 cm³/mol. The Bertz CT molecular complexity index is 251. The van der Waals surface area contributed by atoms with Crippen LogP contribution in [0.25, 0.3) is 0 Å². The van der Waals surface area contributed by atoms with Gasteiger partial charge in [-0.05, 0) is 33.6 Å². The van der Waals surface area contributed by atoms with E-state index in [2.05, 4.69) is 0 Å². The van der Waals surface area contributed by atoms with E-state index in [0.717, 1.165) is 24.0 Å². The van der Waals surface area contributed by atoms with Crippen molar-refractivity contribution in [1.82, 2.24) is 0 Å². The largest absolute Gasteiger partial charge is 0.500 e. The second kappa shape index (κ2) is 13.2. The second-order valence-electron chi connectivity index (χ2n) is 4.61. The zero-order chi connectivity index (χ0) is 16.9. The van der Waals surface area contributed by atoms with Crippen molar-refractivity contribution >= 4 is 39.2 Å². The van der Waals surface area contributed by atoms with Crippen LogP contribution in [0.4, 0.5) is 0 Å². The molecule has 3 N–H and O–H groups in total. The molecule has 0 saturated heterocycles. The van der Waals surface area contributed by atoms with Crippen molar-refractivity contribution in [2.45, 2.75) is 45.7 Å². The molecule has 0 unspecified atom stereocenters. The highest BCUT2D eigenvalue weighted by atomic mass is 33.1. The number of hydrogen-bond donors (Lipinski definition) is 3. The van der Waals surface area contributed by atoms with E-state index in [9.17, 15) is 0 Å². The summed E-state index contributed by atoms with van der Waals surface area (Å²) >= 11 is 0. The monoisotopic (exact) mass is 390 g/mol. The zero-order valence-corrected chi connectivity index (χ0v) is 17.4. The molecule has 0 radical (unpaired) electrons. The molecule has 0 aromatic heterocycles. The van der Waals surface area contributed by atoms with Crippen molar-refractivity contribution in [3.05, 3.63) is 0 Å². The molecule has 0 heterocycles. The van der Waals surface area contributed by atoms with Crippen molar-refractivity contribution in [2.24, 2.45) is 0 Å². The van der Waals surface area contributed by atoms with Gasteiger partial charge in [0.25, 0.3) is 0 Å². The van der Waals surface area contributed by atoms with E-state index in [1.165, 1.54) is 0 Å². The van der Waals surface area contributed by atoms with Crippen molar-refractivity contribution in [2.75, 3.05) is 31.3 Å². The number of rotatable bonds is 15. The van der Waals surface area contributed by atoms with Crippen LogP contribution in [0.15, 0.2) is 0 Å². The van der Waals surface area contributed by atoms with Crippen LogP contribution >= 0.6 is 21.6 Å². The standard InChI is InChI=1S/C12H30O6S2Si2/c1-4-16-22(17-5-2,18-6-3)12-8-10-20-19-9-7-11-21(13,14)15/h13-15H,4-12H2,1-3H3. The molecule has 0 fully saturated rings. The molecule has 22 heavy (non-hydrogen) atoms. The summed E-state index contributed by atoms with van der Waals surface area (Å²) in [5.74, 6) is 1.76. The summed E-state index contributed by atoms with van der Waals surface area (Å²) in [6, 6.07) is 0.922. The van der Waals surface area contributed by atoms with Crippen molar-refractivity contribution < 1.29 is 27.7 Å². The Hall–Kier alpha value is 0.894. The zero-order valence-electron chi connectivity index (χ0n) is 13.7. The lowest BCUT2D eigenvalue weighted by atomic mass is 10.6. The van der Waals surface area contributed by atoms with Gasteiger partial charge in [-0.2, -0.15) is 0 Å². The summed E-state index contributed by atoms with van der Waals surface area (Å²) in [7, 11) is -2.94. The lowest BCUT2D eigenvalue weighted by molar-refractivity contribution is 0.0712. The molecule has 134 valence electrons. The maximum absolute atomic E-state index is 8.90. The molecule has 0 atom stereocenters. The van der Waals surface area contributed by atoms with Gasteiger partial charge in [0.2, 0.25) is 0 Å². The molecule has 0 rings (SSSR count). The first kappa shape index (κ1) is 22.9. The predicted octanol–water partition coefficient (Wildman–Crippen LogP) is 2.11. The average molecular weight is 391 g/mol. The molecule has 0 aromatic rings. The van der Waals surface area contributed by atoms with Crippen LogP contribution in [0.1, 0.15) is 33.6 Å². The quantitative estimate of drug-likeness (QED) is 0.223. The lowest BCUT2D eigenvalue weighted by Gasteiger charge is -2.28. The Morgan fingerprint density at radius 2 is 1.14 bits per heavy atom. The third kappa shape index (κ3) is 12.3. The van der Waals surface area contributed by atoms with Gasteiger partial charge in [-0.25, -0.2) is 0 Å². The average Bonchev–Trinajstić information content (AvgIpc) is 2.41. The van der Waals surface area contributed by atoms with Crippen LogP contribution < -0.4 is 0 Å². The summed E-state index contributed by atoms with van der Waals surface area (Å²) in [6.45, 7) is 7.67. The molecule has 10 heteroatoms. The topological polar surface area (TPSA) is 88.4 Å². The summed E-state index contributed by atoms with van der Waals surface area (Å²) < 4.78 is 17.4. The van der Waals surface area contributed by atoms with Gasteiger partial charge in [0.1, 0.15) is 0 Å². The van der Waals surface area contributed by atoms with Crippen molar-refractivity contribution in [3.8, 4) is 0 Å². The normalized spacial score (nSPS) is 12.8. The van der Waals surface area contributed by atoms with Crippen LogP contribution in [0, 0.1) is 0 Å². The van der Waals surface area contributed by atoms with Crippen LogP contribution in [-0.4, -0.2) is 63.3 Å². The van der Waals surface area contributed by atoms with Crippen LogP contribution in [0.3, 0.4) is 0 Å². The SMILES string of the molecule is CCO[Si](CCCSSCCC[Si](O)(O)O)(OCC)OCC. The van der Waals surface area contributed by atoms with Crippen molar-refractivity contribution in [3.63, 3.8) is 0 Å². The van der Waals surface area contributed by atoms with Gasteiger partial charge in [-0.15, -0.1) is 0 Å². The molecule has 0 aromatic carbocycles. The fraction of sp³-hybridized carbons (Fsp3) is 1.00. The highest BCUT2D eigenvalue weighted by molar-refractivity contribution is 8.76. The molecule has 0 aliphatic carbocycles. The van der Waals surface area contributed by atoms with E-state index in [4.69, 9.17) is 27.7 Å². The first-order chi connectivity index (χ1) is 10.4. The van der Waals surface area contributed by atoms with Gasteiger partial charge < -0.3 is 27.7 Å². The Labute approximate surface area is 144 Å². The smallest absolute Gasteiger partial charge is 0.390 e. The van der Waals surface area contributed by atoms with Gasteiger partial charge in [-0.3, -0.25) is 0 Å². The van der Waals surface area contributed by atoms with Gasteiger partial charge in [0.15, 0.2) is 0 Å². The molecular formula is C12H30O6S2Si2. The van der Waals surface area contributed by atoms with E-state index in [-0.39, 0.29) is 6.04 Å². The van der Waals surface area contributed by atoms with Gasteiger partial charge in [0, 0.05) is 43.4 Å². The second-order valence-corrected chi connectivity index (χ2v) is 12.1. The van der Waals surface area contributed by atoms with Gasteiger partial charge in [0.05, 0.1) is 0 Å². The molecule has 0 saturated carbocycles. The first-order valence-corrected chi connectivity index (χ1v) is 14.2. The third-order valence-corrected chi connectivity index (χ3v) is 9.38. The molecule has 6 nitrogen and oxygen atoms in total. The van der Waals surface area contributed by atoms with E-state index in [1.807, 2.05) is 20.8 Å². The molecule has 0 spiro atoms. The first-order valence-electron chi connectivity index (χ1n) is 7.72. The molecular weight excluding hydrogens is 360 g/mol. The molecule has 0 bridgehead atoms.